The third-order valence-electron chi connectivity index (χ3n) is 3.50. The number of amides is 1. The van der Waals surface area contributed by atoms with Crippen LogP contribution in [0.25, 0.3) is 0 Å². The predicted molar refractivity (Wildman–Crippen MR) is 116 cm³/mol. The summed E-state index contributed by atoms with van der Waals surface area (Å²) in [6.07, 6.45) is 3.15. The Morgan fingerprint density at radius 3 is 2.58 bits per heavy atom. The van der Waals surface area contributed by atoms with Crippen LogP contribution in [0.5, 0.6) is 0 Å². The molecule has 26 heavy (non-hydrogen) atoms. The van der Waals surface area contributed by atoms with Gasteiger partial charge >= 0.3 is 0 Å². The number of pyridine rings is 1. The number of nitrogens with one attached hydrogen (secondary N) is 3. The van der Waals surface area contributed by atoms with Crippen molar-refractivity contribution < 1.29 is 4.79 Å². The van der Waals surface area contributed by atoms with Crippen LogP contribution in [0.2, 0.25) is 10.2 Å². The molecule has 3 N–H and O–H groups in total. The van der Waals surface area contributed by atoms with Crippen molar-refractivity contribution in [1.29, 1.82) is 0 Å². The SMILES string of the molecule is CN=C(NCCNC(=O)c1cccnc1)NCc1cc(Cl)c(Cl)n1C.I. The maximum absolute atomic E-state index is 11.9. The zero-order valence-corrected chi connectivity index (χ0v) is 18.3. The van der Waals surface area contributed by atoms with Crippen LogP contribution in [0.1, 0.15) is 16.1 Å². The number of hydrogen-bond acceptors (Lipinski definition) is 3. The first-order valence-corrected chi connectivity index (χ1v) is 8.41. The van der Waals surface area contributed by atoms with E-state index in [-0.39, 0.29) is 29.9 Å². The number of halogens is 3. The standard InChI is InChI=1S/C16H20Cl2N6O.HI/c1-19-16(23-10-12-8-13(17)14(18)24(12)2)22-7-6-21-15(25)11-4-3-5-20-9-11;/h3-5,8-9H,6-7,10H2,1-2H3,(H,21,25)(H2,19,22,23);1H. The summed E-state index contributed by atoms with van der Waals surface area (Å²) < 4.78 is 1.80. The molecule has 0 atom stereocenters. The molecule has 0 aliphatic heterocycles. The fourth-order valence-corrected chi connectivity index (χ4v) is 2.53. The highest BCUT2D eigenvalue weighted by molar-refractivity contribution is 14.0. The first-order valence-electron chi connectivity index (χ1n) is 7.65. The molecule has 0 spiro atoms. The van der Waals surface area contributed by atoms with Crippen molar-refractivity contribution in [3.63, 3.8) is 0 Å². The van der Waals surface area contributed by atoms with Gasteiger partial charge < -0.3 is 20.5 Å². The van der Waals surface area contributed by atoms with Crippen molar-refractivity contribution >= 4 is 59.0 Å². The van der Waals surface area contributed by atoms with E-state index in [9.17, 15) is 4.79 Å². The maximum atomic E-state index is 11.9. The maximum Gasteiger partial charge on any atom is 0.252 e. The van der Waals surface area contributed by atoms with E-state index in [1.807, 2.05) is 7.05 Å². The molecule has 0 bridgehead atoms. The molecule has 0 aliphatic carbocycles. The molecule has 0 saturated heterocycles. The van der Waals surface area contributed by atoms with Crippen molar-refractivity contribution in [3.05, 3.63) is 52.0 Å². The molecule has 2 aromatic rings. The molecule has 0 saturated carbocycles. The highest BCUT2D eigenvalue weighted by atomic mass is 127. The second kappa shape index (κ2) is 11.2. The van der Waals surface area contributed by atoms with Gasteiger partial charge in [0.15, 0.2) is 5.96 Å². The van der Waals surface area contributed by atoms with E-state index < -0.39 is 0 Å². The zero-order chi connectivity index (χ0) is 18.2. The largest absolute Gasteiger partial charge is 0.355 e. The minimum atomic E-state index is -0.161. The number of rotatable bonds is 6. The van der Waals surface area contributed by atoms with Crippen molar-refractivity contribution in [1.82, 2.24) is 25.5 Å². The van der Waals surface area contributed by atoms with Gasteiger partial charge in [-0.2, -0.15) is 0 Å². The Morgan fingerprint density at radius 2 is 2.00 bits per heavy atom. The Morgan fingerprint density at radius 1 is 1.27 bits per heavy atom. The van der Waals surface area contributed by atoms with Gasteiger partial charge in [0.1, 0.15) is 5.15 Å². The normalized spacial score (nSPS) is 10.8. The number of nitrogens with zero attached hydrogens (tertiary/aromatic N) is 3. The van der Waals surface area contributed by atoms with Gasteiger partial charge in [0.2, 0.25) is 0 Å². The summed E-state index contributed by atoms with van der Waals surface area (Å²) in [4.78, 5) is 19.9. The first-order chi connectivity index (χ1) is 12.0. The molecule has 2 heterocycles. The van der Waals surface area contributed by atoms with Crippen LogP contribution >= 0.6 is 47.2 Å². The Kier molecular flexibility index (Phi) is 9.74. The van der Waals surface area contributed by atoms with Gasteiger partial charge in [-0.3, -0.25) is 14.8 Å². The lowest BCUT2D eigenvalue weighted by molar-refractivity contribution is 0.0954. The fraction of sp³-hybridized carbons (Fsp3) is 0.312. The third kappa shape index (κ3) is 6.33. The summed E-state index contributed by atoms with van der Waals surface area (Å²) in [6, 6.07) is 5.24. The summed E-state index contributed by atoms with van der Waals surface area (Å²) in [5, 5.41) is 10.1. The molecular formula is C16H21Cl2IN6O. The van der Waals surface area contributed by atoms with Crippen LogP contribution in [0, 0.1) is 0 Å². The second-order valence-electron chi connectivity index (χ2n) is 5.18. The predicted octanol–water partition coefficient (Wildman–Crippen LogP) is 2.44. The van der Waals surface area contributed by atoms with Crippen molar-refractivity contribution in [2.75, 3.05) is 20.1 Å². The zero-order valence-electron chi connectivity index (χ0n) is 14.4. The Bertz CT molecular complexity index is 751. The highest BCUT2D eigenvalue weighted by Crippen LogP contribution is 2.24. The molecular weight excluding hydrogens is 490 g/mol. The fourth-order valence-electron chi connectivity index (χ4n) is 2.11. The number of aromatic nitrogens is 2. The molecule has 0 fully saturated rings. The van der Waals surface area contributed by atoms with Gasteiger partial charge in [0.05, 0.1) is 17.1 Å². The Hall–Kier alpha value is -1.52. The lowest BCUT2D eigenvalue weighted by Crippen LogP contribution is -2.41. The lowest BCUT2D eigenvalue weighted by atomic mass is 10.3. The van der Waals surface area contributed by atoms with Gasteiger partial charge in [0, 0.05) is 45.3 Å². The molecule has 2 aromatic heterocycles. The van der Waals surface area contributed by atoms with E-state index in [0.29, 0.717) is 41.3 Å². The van der Waals surface area contributed by atoms with Crippen LogP contribution in [0.3, 0.4) is 0 Å². The molecule has 10 heteroatoms. The molecule has 0 radical (unpaired) electrons. The van der Waals surface area contributed by atoms with Crippen molar-refractivity contribution in [2.45, 2.75) is 6.54 Å². The Balaban J connectivity index is 0.00000338. The molecule has 0 aromatic carbocycles. The Labute approximate surface area is 179 Å². The van der Waals surface area contributed by atoms with Gasteiger partial charge in [-0.1, -0.05) is 23.2 Å². The summed E-state index contributed by atoms with van der Waals surface area (Å²) in [5.74, 6) is 0.454. The monoisotopic (exact) mass is 510 g/mol. The first kappa shape index (κ1) is 22.5. The quantitative estimate of drug-likeness (QED) is 0.241. The average molecular weight is 511 g/mol. The van der Waals surface area contributed by atoms with Gasteiger partial charge in [-0.05, 0) is 18.2 Å². The molecule has 0 unspecified atom stereocenters. The average Bonchev–Trinajstić information content (AvgIpc) is 2.88. The molecule has 7 nitrogen and oxygen atoms in total. The topological polar surface area (TPSA) is 83.3 Å². The number of carbonyl (C=O) groups excluding carboxylic acids is 1. The van der Waals surface area contributed by atoms with E-state index in [4.69, 9.17) is 23.2 Å². The van der Waals surface area contributed by atoms with Crippen LogP contribution < -0.4 is 16.0 Å². The smallest absolute Gasteiger partial charge is 0.252 e. The van der Waals surface area contributed by atoms with Gasteiger partial charge in [-0.25, -0.2) is 0 Å². The van der Waals surface area contributed by atoms with Crippen LogP contribution in [0.4, 0.5) is 0 Å². The minimum absolute atomic E-state index is 0. The molecule has 2 rings (SSSR count). The van der Waals surface area contributed by atoms with Crippen LogP contribution in [-0.4, -0.2) is 41.6 Å². The molecule has 142 valence electrons. The van der Waals surface area contributed by atoms with Crippen molar-refractivity contribution in [3.8, 4) is 0 Å². The number of guanidine groups is 1. The van der Waals surface area contributed by atoms with E-state index in [0.717, 1.165) is 5.69 Å². The molecule has 0 aliphatic rings. The van der Waals surface area contributed by atoms with Crippen LogP contribution in [-0.2, 0) is 13.6 Å². The van der Waals surface area contributed by atoms with E-state index >= 15 is 0 Å². The number of carbonyl (C=O) groups is 1. The third-order valence-corrected chi connectivity index (χ3v) is 4.34. The lowest BCUT2D eigenvalue weighted by Gasteiger charge is -2.13. The summed E-state index contributed by atoms with van der Waals surface area (Å²) >= 11 is 12.0. The van der Waals surface area contributed by atoms with E-state index in [2.05, 4.69) is 25.9 Å². The second-order valence-corrected chi connectivity index (χ2v) is 5.95. The van der Waals surface area contributed by atoms with Gasteiger partial charge in [-0.15, -0.1) is 24.0 Å². The minimum Gasteiger partial charge on any atom is -0.355 e. The highest BCUT2D eigenvalue weighted by Gasteiger charge is 2.09. The van der Waals surface area contributed by atoms with E-state index in [1.165, 1.54) is 6.20 Å². The van der Waals surface area contributed by atoms with Crippen molar-refractivity contribution in [2.24, 2.45) is 12.0 Å². The summed E-state index contributed by atoms with van der Waals surface area (Å²) in [7, 11) is 3.52. The van der Waals surface area contributed by atoms with Gasteiger partial charge in [0.25, 0.3) is 5.91 Å². The number of aliphatic imine (C=N–C) groups is 1. The van der Waals surface area contributed by atoms with Crippen LogP contribution in [0.15, 0.2) is 35.6 Å². The number of hydrogen-bond donors (Lipinski definition) is 3. The summed E-state index contributed by atoms with van der Waals surface area (Å²) in [5.41, 5.74) is 1.46. The molecule has 1 amide bonds. The van der Waals surface area contributed by atoms with E-state index in [1.54, 1.807) is 36.0 Å². The summed E-state index contributed by atoms with van der Waals surface area (Å²) in [6.45, 7) is 1.50.